The molecule has 0 N–H and O–H groups in total. The first-order chi connectivity index (χ1) is 21.1. The van der Waals surface area contributed by atoms with Crippen LogP contribution in [-0.4, -0.2) is 24.6 Å². The molecule has 0 spiro atoms. The van der Waals surface area contributed by atoms with Gasteiger partial charge in [0.25, 0.3) is 0 Å². The van der Waals surface area contributed by atoms with E-state index in [1.807, 2.05) is 0 Å². The van der Waals surface area contributed by atoms with Gasteiger partial charge in [0.1, 0.15) is 0 Å². The zero-order chi connectivity index (χ0) is 31.6. The van der Waals surface area contributed by atoms with Crippen LogP contribution in [0.4, 0.5) is 0 Å². The standard InChI is InChI=1S/C42H87P/c1-6-11-16-18-20-22-24-26-27-29-31-33-35-37-42-43(38-13-8-3,39-14-9-4,40-15-10-5)41-36-34-32-30-28-25-23-21-19-17-12-7-2/h36,41H,6-35,37-40,42H2,1-5H3. The van der Waals surface area contributed by atoms with Crippen molar-refractivity contribution in [2.24, 2.45) is 0 Å². The Bertz CT molecular complexity index is 539. The van der Waals surface area contributed by atoms with Crippen molar-refractivity contribution in [1.82, 2.24) is 0 Å². The van der Waals surface area contributed by atoms with Gasteiger partial charge in [-0.2, -0.15) is 0 Å². The Morgan fingerprint density at radius 1 is 0.279 bits per heavy atom. The summed E-state index contributed by atoms with van der Waals surface area (Å²) in [5.74, 6) is 2.99. The predicted octanol–water partition coefficient (Wildman–Crippen LogP) is 16.2. The SMILES string of the molecule is CCCCCCCCCCCCC=CP(CCCC)(CCCC)(CCCC)CCCCCCCCCCCCCCCC. The van der Waals surface area contributed by atoms with Crippen molar-refractivity contribution in [2.45, 2.75) is 234 Å². The van der Waals surface area contributed by atoms with Crippen molar-refractivity contribution < 1.29 is 0 Å². The summed E-state index contributed by atoms with van der Waals surface area (Å²) in [6.07, 6.45) is 54.0. The molecule has 0 saturated heterocycles. The van der Waals surface area contributed by atoms with Crippen LogP contribution >= 0.6 is 6.60 Å². The van der Waals surface area contributed by atoms with Crippen molar-refractivity contribution in [3.8, 4) is 0 Å². The summed E-state index contributed by atoms with van der Waals surface area (Å²) in [7, 11) is 0. The normalized spacial score (nSPS) is 13.2. The van der Waals surface area contributed by atoms with E-state index in [1.54, 1.807) is 24.6 Å². The monoisotopic (exact) mass is 623 g/mol. The first kappa shape index (κ1) is 43.2. The van der Waals surface area contributed by atoms with Gasteiger partial charge in [-0.05, 0) is 0 Å². The molecule has 260 valence electrons. The number of rotatable bonds is 36. The second-order valence-electron chi connectivity index (χ2n) is 15.0. The fourth-order valence-corrected chi connectivity index (χ4v) is 14.8. The molecule has 0 radical (unpaired) electrons. The van der Waals surface area contributed by atoms with Crippen LogP contribution in [0.5, 0.6) is 0 Å². The van der Waals surface area contributed by atoms with E-state index in [-0.39, 0.29) is 0 Å². The first-order valence-electron chi connectivity index (χ1n) is 20.8. The maximum atomic E-state index is 2.99. The minimum absolute atomic E-state index is 1.34. The Morgan fingerprint density at radius 3 is 0.860 bits per heavy atom. The van der Waals surface area contributed by atoms with E-state index in [9.17, 15) is 0 Å². The third-order valence-electron chi connectivity index (χ3n) is 10.7. The van der Waals surface area contributed by atoms with E-state index in [4.69, 9.17) is 0 Å². The van der Waals surface area contributed by atoms with Gasteiger partial charge in [0.15, 0.2) is 0 Å². The zero-order valence-corrected chi connectivity index (χ0v) is 32.2. The maximum absolute atomic E-state index is 2.99. The van der Waals surface area contributed by atoms with E-state index in [0.29, 0.717) is 0 Å². The molecule has 0 aliphatic carbocycles. The van der Waals surface area contributed by atoms with Crippen molar-refractivity contribution in [3.63, 3.8) is 0 Å². The summed E-state index contributed by atoms with van der Waals surface area (Å²) in [5.41, 5.74) is 0. The molecular weight excluding hydrogens is 535 g/mol. The zero-order valence-electron chi connectivity index (χ0n) is 31.4. The number of unbranched alkanes of at least 4 members (excludes halogenated alkanes) is 26. The predicted molar refractivity (Wildman–Crippen MR) is 207 cm³/mol. The molecule has 0 unspecified atom stereocenters. The van der Waals surface area contributed by atoms with Gasteiger partial charge in [-0.25, -0.2) is 0 Å². The smallest absolute Gasteiger partial charge is 0.0654 e. The molecule has 0 bridgehead atoms. The third kappa shape index (κ3) is 25.0. The van der Waals surface area contributed by atoms with Crippen LogP contribution in [0.25, 0.3) is 0 Å². The minimum atomic E-state index is -1.79. The number of hydrogen-bond donors (Lipinski definition) is 0. The van der Waals surface area contributed by atoms with Gasteiger partial charge >= 0.3 is 237 Å². The quantitative estimate of drug-likeness (QED) is 0.0482. The van der Waals surface area contributed by atoms with Crippen LogP contribution in [0.3, 0.4) is 0 Å². The molecule has 0 nitrogen and oxygen atoms in total. The molecule has 0 amide bonds. The molecule has 0 aromatic rings. The summed E-state index contributed by atoms with van der Waals surface area (Å²) >= 11 is 0. The Labute approximate surface area is 276 Å². The molecule has 0 saturated carbocycles. The number of hydrogen-bond acceptors (Lipinski definition) is 0. The fraction of sp³-hybridized carbons (Fsp3) is 0.952. The van der Waals surface area contributed by atoms with E-state index < -0.39 is 6.60 Å². The Balaban J connectivity index is 4.71. The van der Waals surface area contributed by atoms with Crippen LogP contribution in [0, 0.1) is 0 Å². The van der Waals surface area contributed by atoms with Crippen molar-refractivity contribution in [2.75, 3.05) is 24.6 Å². The Hall–Kier alpha value is 0.170. The molecule has 0 atom stereocenters. The van der Waals surface area contributed by atoms with Crippen molar-refractivity contribution in [3.05, 3.63) is 11.9 Å². The van der Waals surface area contributed by atoms with Crippen LogP contribution in [-0.2, 0) is 0 Å². The van der Waals surface area contributed by atoms with Gasteiger partial charge in [-0.15, -0.1) is 0 Å². The van der Waals surface area contributed by atoms with Gasteiger partial charge in [0, 0.05) is 0 Å². The average molecular weight is 623 g/mol. The molecule has 0 heterocycles. The molecular formula is C42H87P. The molecule has 0 aromatic heterocycles. The summed E-state index contributed by atoms with van der Waals surface area (Å²) in [6.45, 7) is 10.2. The molecule has 0 fully saturated rings. The summed E-state index contributed by atoms with van der Waals surface area (Å²) in [6, 6.07) is 0. The van der Waals surface area contributed by atoms with Crippen LogP contribution in [0.2, 0.25) is 0 Å². The second-order valence-corrected chi connectivity index (χ2v) is 21.2. The van der Waals surface area contributed by atoms with Gasteiger partial charge in [0.05, 0.1) is 0 Å². The van der Waals surface area contributed by atoms with Gasteiger partial charge < -0.3 is 0 Å². The van der Waals surface area contributed by atoms with E-state index in [1.165, 1.54) is 199 Å². The minimum Gasteiger partial charge on any atom is -0.0654 e. The average Bonchev–Trinajstić information content (AvgIpc) is 3.03. The van der Waals surface area contributed by atoms with Crippen LogP contribution in [0.15, 0.2) is 11.9 Å². The fourth-order valence-electron chi connectivity index (χ4n) is 7.58. The molecule has 1 heteroatoms. The van der Waals surface area contributed by atoms with Crippen molar-refractivity contribution >= 4 is 6.60 Å². The Kier molecular flexibility index (Phi) is 32.3. The summed E-state index contributed by atoms with van der Waals surface area (Å²) in [4.78, 5) is 0. The van der Waals surface area contributed by atoms with E-state index in [2.05, 4.69) is 46.5 Å². The van der Waals surface area contributed by atoms with Gasteiger partial charge in [-0.1, -0.05) is 39.5 Å². The van der Waals surface area contributed by atoms with Crippen LogP contribution < -0.4 is 0 Å². The Morgan fingerprint density at radius 2 is 0.535 bits per heavy atom. The van der Waals surface area contributed by atoms with E-state index in [0.717, 1.165) is 0 Å². The molecule has 0 rings (SSSR count). The van der Waals surface area contributed by atoms with Gasteiger partial charge in [0.2, 0.25) is 0 Å². The first-order valence-corrected chi connectivity index (χ1v) is 23.8. The van der Waals surface area contributed by atoms with Crippen molar-refractivity contribution in [1.29, 1.82) is 0 Å². The molecule has 0 aliphatic heterocycles. The summed E-state index contributed by atoms with van der Waals surface area (Å²) < 4.78 is 0. The van der Waals surface area contributed by atoms with E-state index >= 15 is 0 Å². The second kappa shape index (κ2) is 32.1. The number of allylic oxidation sites excluding steroid dienone is 1. The summed E-state index contributed by atoms with van der Waals surface area (Å²) in [5, 5.41) is 0. The molecule has 0 aromatic carbocycles. The third-order valence-corrected chi connectivity index (χ3v) is 17.9. The molecule has 43 heavy (non-hydrogen) atoms. The van der Waals surface area contributed by atoms with Crippen LogP contribution in [0.1, 0.15) is 234 Å². The van der Waals surface area contributed by atoms with Gasteiger partial charge in [-0.3, -0.25) is 0 Å². The topological polar surface area (TPSA) is 0 Å². The molecule has 0 aliphatic rings.